The van der Waals surface area contributed by atoms with Gasteiger partial charge in [-0.15, -0.1) is 0 Å². The van der Waals surface area contributed by atoms with Crippen molar-refractivity contribution < 1.29 is 9.84 Å². The van der Waals surface area contributed by atoms with Gasteiger partial charge in [0.05, 0.1) is 5.56 Å². The van der Waals surface area contributed by atoms with E-state index in [-0.39, 0.29) is 11.7 Å². The third-order valence-electron chi connectivity index (χ3n) is 4.59. The van der Waals surface area contributed by atoms with Gasteiger partial charge in [-0.25, -0.2) is 4.98 Å². The Balaban J connectivity index is 1.96. The molecule has 4 rings (SSSR count). The molecule has 3 aromatic rings. The quantitative estimate of drug-likeness (QED) is 0.588. The van der Waals surface area contributed by atoms with Crippen molar-refractivity contribution in [1.82, 2.24) is 9.55 Å². The largest absolute Gasteiger partial charge is 0.508 e. The molecule has 5 nitrogen and oxygen atoms in total. The predicted octanol–water partition coefficient (Wildman–Crippen LogP) is 4.01. The van der Waals surface area contributed by atoms with Gasteiger partial charge in [0.2, 0.25) is 5.88 Å². The second-order valence-electron chi connectivity index (χ2n) is 7.03. The number of phenolic OH excluding ortho intramolecular Hbond substituents is 1. The van der Waals surface area contributed by atoms with Crippen molar-refractivity contribution in [2.45, 2.75) is 26.3 Å². The fourth-order valence-corrected chi connectivity index (χ4v) is 3.48. The minimum absolute atomic E-state index is 0.149. The van der Waals surface area contributed by atoms with E-state index in [0.29, 0.717) is 23.0 Å². The first-order valence-corrected chi connectivity index (χ1v) is 8.74. The van der Waals surface area contributed by atoms with Crippen molar-refractivity contribution in [3.63, 3.8) is 0 Å². The molecule has 0 bridgehead atoms. The van der Waals surface area contributed by atoms with E-state index in [9.17, 15) is 5.11 Å². The molecule has 0 spiro atoms. The van der Waals surface area contributed by atoms with Crippen LogP contribution in [0.5, 0.6) is 17.4 Å². The summed E-state index contributed by atoms with van der Waals surface area (Å²) in [6.45, 7) is 4.97. The Hall–Kier alpha value is -3.08. The standard InChI is InChI=1S/C21H21N3O2/c1-13(2)11-24-12-23-21-19(20(24)22)18(14-6-4-3-5-7-14)16-9-8-15(25)10-17(16)26-21/h3-10,12-13,18,22,25H,11H2,1-2H3. The van der Waals surface area contributed by atoms with Gasteiger partial charge in [-0.05, 0) is 17.5 Å². The zero-order valence-electron chi connectivity index (χ0n) is 14.8. The summed E-state index contributed by atoms with van der Waals surface area (Å²) in [5.74, 6) is 1.42. The van der Waals surface area contributed by atoms with E-state index in [1.807, 2.05) is 28.8 Å². The van der Waals surface area contributed by atoms with Crippen molar-refractivity contribution in [2.75, 3.05) is 0 Å². The van der Waals surface area contributed by atoms with Crippen LogP contribution in [-0.2, 0) is 6.54 Å². The van der Waals surface area contributed by atoms with Crippen molar-refractivity contribution in [2.24, 2.45) is 5.92 Å². The summed E-state index contributed by atoms with van der Waals surface area (Å²) in [4.78, 5) is 4.48. The molecule has 1 aliphatic heterocycles. The second-order valence-corrected chi connectivity index (χ2v) is 7.03. The highest BCUT2D eigenvalue weighted by molar-refractivity contribution is 5.57. The van der Waals surface area contributed by atoms with Crippen LogP contribution in [0.25, 0.3) is 0 Å². The molecule has 5 heteroatoms. The molecule has 1 unspecified atom stereocenters. The second kappa shape index (κ2) is 6.33. The van der Waals surface area contributed by atoms with Crippen LogP contribution in [-0.4, -0.2) is 14.7 Å². The lowest BCUT2D eigenvalue weighted by Gasteiger charge is -2.28. The Morgan fingerprint density at radius 3 is 2.69 bits per heavy atom. The number of hydrogen-bond acceptors (Lipinski definition) is 4. The minimum Gasteiger partial charge on any atom is -0.508 e. The SMILES string of the molecule is CC(C)Cn1cnc2c(c1=N)C(c1ccccc1)c1ccc(O)cc1O2. The first kappa shape index (κ1) is 16.4. The molecule has 2 heterocycles. The van der Waals surface area contributed by atoms with Crippen LogP contribution < -0.4 is 10.2 Å². The summed E-state index contributed by atoms with van der Waals surface area (Å²) in [5, 5.41) is 18.6. The topological polar surface area (TPSA) is 71.1 Å². The van der Waals surface area contributed by atoms with Crippen LogP contribution in [0, 0.1) is 11.3 Å². The number of hydrogen-bond donors (Lipinski definition) is 2. The Kier molecular flexibility index (Phi) is 3.99. The van der Waals surface area contributed by atoms with Gasteiger partial charge < -0.3 is 14.4 Å². The average molecular weight is 347 g/mol. The fourth-order valence-electron chi connectivity index (χ4n) is 3.48. The van der Waals surface area contributed by atoms with E-state index >= 15 is 0 Å². The van der Waals surface area contributed by atoms with Crippen LogP contribution in [0.3, 0.4) is 0 Å². The van der Waals surface area contributed by atoms with Gasteiger partial charge >= 0.3 is 0 Å². The van der Waals surface area contributed by atoms with Crippen molar-refractivity contribution in [3.05, 3.63) is 77.0 Å². The first-order valence-electron chi connectivity index (χ1n) is 8.74. The third-order valence-corrected chi connectivity index (χ3v) is 4.59. The molecule has 1 aromatic heterocycles. The maximum Gasteiger partial charge on any atom is 0.228 e. The lowest BCUT2D eigenvalue weighted by Crippen LogP contribution is -2.30. The molecule has 132 valence electrons. The van der Waals surface area contributed by atoms with Gasteiger partial charge in [-0.1, -0.05) is 50.2 Å². The van der Waals surface area contributed by atoms with Gasteiger partial charge in [0.1, 0.15) is 23.3 Å². The highest BCUT2D eigenvalue weighted by atomic mass is 16.5. The predicted molar refractivity (Wildman–Crippen MR) is 98.5 cm³/mol. The highest BCUT2D eigenvalue weighted by Crippen LogP contribution is 2.45. The maximum absolute atomic E-state index is 9.85. The Morgan fingerprint density at radius 1 is 1.19 bits per heavy atom. The van der Waals surface area contributed by atoms with Gasteiger partial charge in [0, 0.05) is 24.1 Å². The number of nitrogens with one attached hydrogen (secondary N) is 1. The number of ether oxygens (including phenoxy) is 1. The number of fused-ring (bicyclic) bond motifs is 2. The zero-order chi connectivity index (χ0) is 18.3. The number of phenols is 1. The molecule has 1 aliphatic rings. The first-order chi connectivity index (χ1) is 12.5. The van der Waals surface area contributed by atoms with Crippen molar-refractivity contribution in [3.8, 4) is 17.4 Å². The van der Waals surface area contributed by atoms with Crippen LogP contribution in [0.2, 0.25) is 0 Å². The number of rotatable bonds is 3. The van der Waals surface area contributed by atoms with Crippen LogP contribution in [0.15, 0.2) is 54.9 Å². The Labute approximate surface area is 152 Å². The molecule has 0 saturated heterocycles. The Bertz CT molecular complexity index is 1010. The van der Waals surface area contributed by atoms with E-state index in [1.165, 1.54) is 0 Å². The van der Waals surface area contributed by atoms with Gasteiger partial charge in [-0.2, -0.15) is 0 Å². The molecule has 0 amide bonds. The maximum atomic E-state index is 9.85. The molecule has 0 saturated carbocycles. The molecular formula is C21H21N3O2. The summed E-state index contributed by atoms with van der Waals surface area (Å²) in [5.41, 5.74) is 3.18. The van der Waals surface area contributed by atoms with Crippen molar-refractivity contribution >= 4 is 0 Å². The van der Waals surface area contributed by atoms with E-state index in [0.717, 1.165) is 23.2 Å². The fraction of sp³-hybridized carbons (Fsp3) is 0.238. The lowest BCUT2D eigenvalue weighted by molar-refractivity contribution is 0.407. The van der Waals surface area contributed by atoms with E-state index in [2.05, 4.69) is 31.0 Å². The van der Waals surface area contributed by atoms with Gasteiger partial charge in [0.25, 0.3) is 0 Å². The normalized spacial score (nSPS) is 15.3. The summed E-state index contributed by atoms with van der Waals surface area (Å²) >= 11 is 0. The molecule has 2 aromatic carbocycles. The molecule has 0 fully saturated rings. The van der Waals surface area contributed by atoms with Crippen LogP contribution in [0.1, 0.15) is 36.5 Å². The molecular weight excluding hydrogens is 326 g/mol. The zero-order valence-corrected chi connectivity index (χ0v) is 14.8. The van der Waals surface area contributed by atoms with E-state index in [1.54, 1.807) is 18.5 Å². The summed E-state index contributed by atoms with van der Waals surface area (Å²) in [6, 6.07) is 15.2. The number of aromatic nitrogens is 2. The Morgan fingerprint density at radius 2 is 1.96 bits per heavy atom. The molecule has 0 radical (unpaired) electrons. The molecule has 2 N–H and O–H groups in total. The van der Waals surface area contributed by atoms with E-state index < -0.39 is 0 Å². The van der Waals surface area contributed by atoms with E-state index in [4.69, 9.17) is 10.1 Å². The number of benzene rings is 2. The van der Waals surface area contributed by atoms with Gasteiger partial charge in [-0.3, -0.25) is 5.41 Å². The number of nitrogens with zero attached hydrogens (tertiary/aromatic N) is 2. The molecule has 0 aliphatic carbocycles. The van der Waals surface area contributed by atoms with Gasteiger partial charge in [0.15, 0.2) is 0 Å². The number of aromatic hydroxyl groups is 1. The monoisotopic (exact) mass is 347 g/mol. The smallest absolute Gasteiger partial charge is 0.228 e. The summed E-state index contributed by atoms with van der Waals surface area (Å²) in [7, 11) is 0. The average Bonchev–Trinajstić information content (AvgIpc) is 2.62. The molecule has 1 atom stereocenters. The summed E-state index contributed by atoms with van der Waals surface area (Å²) in [6.07, 6.45) is 1.66. The van der Waals surface area contributed by atoms with Crippen molar-refractivity contribution in [1.29, 1.82) is 5.41 Å². The van der Waals surface area contributed by atoms with Crippen LogP contribution >= 0.6 is 0 Å². The highest BCUT2D eigenvalue weighted by Gasteiger charge is 2.32. The minimum atomic E-state index is -0.157. The summed E-state index contributed by atoms with van der Waals surface area (Å²) < 4.78 is 7.82. The molecule has 26 heavy (non-hydrogen) atoms. The third kappa shape index (κ3) is 2.75. The lowest BCUT2D eigenvalue weighted by atomic mass is 9.84. The van der Waals surface area contributed by atoms with Crippen LogP contribution in [0.4, 0.5) is 0 Å².